The number of hydrogen-bond donors (Lipinski definition) is 2. The molecule has 0 spiro atoms. The maximum Gasteiger partial charge on any atom is 0.155 e. The van der Waals surface area contributed by atoms with Gasteiger partial charge in [0.05, 0.1) is 0 Å². The molecule has 0 radical (unpaired) electrons. The minimum Gasteiger partial charge on any atom is -0.330 e. The first kappa shape index (κ1) is 12.2. The molecular weight excluding hydrogens is 188 g/mol. The van der Waals surface area contributed by atoms with Crippen LogP contribution >= 0.6 is 0 Å². The first-order valence-corrected chi connectivity index (χ1v) is 5.78. The Balaban J connectivity index is 2.65. The molecule has 0 aliphatic heterocycles. The molecule has 0 amide bonds. The van der Waals surface area contributed by atoms with Crippen molar-refractivity contribution in [1.82, 2.24) is 15.2 Å². The van der Waals surface area contributed by atoms with E-state index in [1.165, 1.54) is 0 Å². The van der Waals surface area contributed by atoms with Gasteiger partial charge in [-0.25, -0.2) is 4.98 Å². The van der Waals surface area contributed by atoms with Crippen LogP contribution in [0.15, 0.2) is 0 Å². The van der Waals surface area contributed by atoms with Gasteiger partial charge in [-0.05, 0) is 18.8 Å². The van der Waals surface area contributed by atoms with Crippen molar-refractivity contribution in [2.24, 2.45) is 11.7 Å². The standard InChI is InChI=1S/C11H22N4/c1-4-5-10-13-11(15-14-10)9(7-12)6-8(2)3/h8-9H,4-7,12H2,1-3H3,(H,13,14,15). The molecule has 0 saturated carbocycles. The lowest BCUT2D eigenvalue weighted by Crippen LogP contribution is -2.16. The molecule has 1 unspecified atom stereocenters. The van der Waals surface area contributed by atoms with E-state index >= 15 is 0 Å². The van der Waals surface area contributed by atoms with E-state index in [1.54, 1.807) is 0 Å². The van der Waals surface area contributed by atoms with Crippen LogP contribution in [0, 0.1) is 5.92 Å². The number of aromatic amines is 1. The van der Waals surface area contributed by atoms with Crippen LogP contribution in [0.2, 0.25) is 0 Å². The van der Waals surface area contributed by atoms with Crippen LogP contribution in [-0.4, -0.2) is 21.7 Å². The highest BCUT2D eigenvalue weighted by Crippen LogP contribution is 2.19. The lowest BCUT2D eigenvalue weighted by Gasteiger charge is -2.12. The summed E-state index contributed by atoms with van der Waals surface area (Å²) in [5.41, 5.74) is 5.74. The number of nitrogens with zero attached hydrogens (tertiary/aromatic N) is 2. The summed E-state index contributed by atoms with van der Waals surface area (Å²) in [6.45, 7) is 7.16. The summed E-state index contributed by atoms with van der Waals surface area (Å²) in [5, 5.41) is 7.22. The number of aryl methyl sites for hydroxylation is 1. The van der Waals surface area contributed by atoms with Gasteiger partial charge in [-0.1, -0.05) is 20.8 Å². The smallest absolute Gasteiger partial charge is 0.155 e. The van der Waals surface area contributed by atoms with Gasteiger partial charge in [0.25, 0.3) is 0 Å². The molecule has 15 heavy (non-hydrogen) atoms. The number of H-pyrrole nitrogens is 1. The Labute approximate surface area is 91.7 Å². The molecule has 0 aliphatic carbocycles. The summed E-state index contributed by atoms with van der Waals surface area (Å²) in [7, 11) is 0. The molecule has 1 aromatic rings. The Morgan fingerprint density at radius 3 is 2.67 bits per heavy atom. The molecule has 1 heterocycles. The van der Waals surface area contributed by atoms with Crippen molar-refractivity contribution in [3.05, 3.63) is 11.6 Å². The molecule has 1 atom stereocenters. The molecule has 4 nitrogen and oxygen atoms in total. The summed E-state index contributed by atoms with van der Waals surface area (Å²) < 4.78 is 0. The number of hydrogen-bond acceptors (Lipinski definition) is 3. The second-order valence-corrected chi connectivity index (χ2v) is 4.45. The normalized spacial score (nSPS) is 13.4. The van der Waals surface area contributed by atoms with E-state index in [0.29, 0.717) is 18.4 Å². The van der Waals surface area contributed by atoms with E-state index in [2.05, 4.69) is 36.0 Å². The largest absolute Gasteiger partial charge is 0.330 e. The van der Waals surface area contributed by atoms with Gasteiger partial charge in [0.2, 0.25) is 0 Å². The van der Waals surface area contributed by atoms with Gasteiger partial charge in [0.1, 0.15) is 5.82 Å². The third-order valence-electron chi connectivity index (χ3n) is 2.44. The van der Waals surface area contributed by atoms with Gasteiger partial charge in [-0.15, -0.1) is 0 Å². The second kappa shape index (κ2) is 5.85. The molecule has 0 bridgehead atoms. The van der Waals surface area contributed by atoms with Crippen molar-refractivity contribution in [1.29, 1.82) is 0 Å². The van der Waals surface area contributed by atoms with Crippen LogP contribution in [0.4, 0.5) is 0 Å². The van der Waals surface area contributed by atoms with Crippen molar-refractivity contribution < 1.29 is 0 Å². The lowest BCUT2D eigenvalue weighted by molar-refractivity contribution is 0.488. The third kappa shape index (κ3) is 3.63. The van der Waals surface area contributed by atoms with Gasteiger partial charge in [-0.3, -0.25) is 5.10 Å². The van der Waals surface area contributed by atoms with E-state index in [4.69, 9.17) is 5.73 Å². The molecule has 0 aliphatic rings. The Morgan fingerprint density at radius 2 is 2.13 bits per heavy atom. The summed E-state index contributed by atoms with van der Waals surface area (Å²) in [4.78, 5) is 4.48. The zero-order valence-corrected chi connectivity index (χ0v) is 9.95. The van der Waals surface area contributed by atoms with Crippen LogP contribution in [0.3, 0.4) is 0 Å². The fourth-order valence-electron chi connectivity index (χ4n) is 1.72. The minimum absolute atomic E-state index is 0.298. The lowest BCUT2D eigenvalue weighted by atomic mass is 9.97. The number of nitrogens with one attached hydrogen (secondary N) is 1. The summed E-state index contributed by atoms with van der Waals surface area (Å²) in [5.74, 6) is 2.79. The Hall–Kier alpha value is -0.900. The summed E-state index contributed by atoms with van der Waals surface area (Å²) in [6, 6.07) is 0. The van der Waals surface area contributed by atoms with Crippen LogP contribution in [-0.2, 0) is 6.42 Å². The Kier molecular flexibility index (Phi) is 4.75. The quantitative estimate of drug-likeness (QED) is 0.753. The van der Waals surface area contributed by atoms with Gasteiger partial charge in [0, 0.05) is 18.9 Å². The van der Waals surface area contributed by atoms with Gasteiger partial charge in [-0.2, -0.15) is 5.10 Å². The van der Waals surface area contributed by atoms with Gasteiger partial charge < -0.3 is 5.73 Å². The van der Waals surface area contributed by atoms with Gasteiger partial charge >= 0.3 is 0 Å². The van der Waals surface area contributed by atoms with E-state index < -0.39 is 0 Å². The maximum absolute atomic E-state index is 5.74. The van der Waals surface area contributed by atoms with E-state index in [9.17, 15) is 0 Å². The predicted molar refractivity (Wildman–Crippen MR) is 61.6 cm³/mol. The zero-order valence-electron chi connectivity index (χ0n) is 9.95. The molecule has 3 N–H and O–H groups in total. The van der Waals surface area contributed by atoms with Gasteiger partial charge in [0.15, 0.2) is 5.82 Å². The summed E-state index contributed by atoms with van der Waals surface area (Å²) >= 11 is 0. The minimum atomic E-state index is 0.298. The van der Waals surface area contributed by atoms with Crippen LogP contribution < -0.4 is 5.73 Å². The topological polar surface area (TPSA) is 67.6 Å². The SMILES string of the molecule is CCCc1nc(C(CN)CC(C)C)n[nH]1. The highest BCUT2D eigenvalue weighted by Gasteiger charge is 2.16. The van der Waals surface area contributed by atoms with Crippen LogP contribution in [0.25, 0.3) is 0 Å². The highest BCUT2D eigenvalue weighted by atomic mass is 15.2. The number of nitrogens with two attached hydrogens (primary N) is 1. The van der Waals surface area contributed by atoms with E-state index in [0.717, 1.165) is 30.9 Å². The third-order valence-corrected chi connectivity index (χ3v) is 2.44. The summed E-state index contributed by atoms with van der Waals surface area (Å²) in [6.07, 6.45) is 3.11. The van der Waals surface area contributed by atoms with Crippen molar-refractivity contribution >= 4 is 0 Å². The van der Waals surface area contributed by atoms with Crippen molar-refractivity contribution in [3.63, 3.8) is 0 Å². The highest BCUT2D eigenvalue weighted by molar-refractivity contribution is 4.99. The Morgan fingerprint density at radius 1 is 1.40 bits per heavy atom. The molecule has 86 valence electrons. The first-order valence-electron chi connectivity index (χ1n) is 5.78. The molecular formula is C11H22N4. The predicted octanol–water partition coefficient (Wildman–Crippen LogP) is 1.85. The molecule has 0 aromatic carbocycles. The van der Waals surface area contributed by atoms with E-state index in [1.807, 2.05) is 0 Å². The average Bonchev–Trinajstić information content (AvgIpc) is 2.63. The van der Waals surface area contributed by atoms with Crippen LogP contribution in [0.1, 0.15) is 51.2 Å². The number of rotatable bonds is 6. The van der Waals surface area contributed by atoms with Crippen molar-refractivity contribution in [2.75, 3.05) is 6.54 Å². The fraction of sp³-hybridized carbons (Fsp3) is 0.818. The Bertz CT molecular complexity index is 280. The monoisotopic (exact) mass is 210 g/mol. The maximum atomic E-state index is 5.74. The average molecular weight is 210 g/mol. The van der Waals surface area contributed by atoms with E-state index in [-0.39, 0.29) is 0 Å². The first-order chi connectivity index (χ1) is 7.17. The van der Waals surface area contributed by atoms with Crippen molar-refractivity contribution in [3.8, 4) is 0 Å². The fourth-order valence-corrected chi connectivity index (χ4v) is 1.72. The molecule has 4 heteroatoms. The second-order valence-electron chi connectivity index (χ2n) is 4.45. The zero-order chi connectivity index (χ0) is 11.3. The molecule has 0 fully saturated rings. The van der Waals surface area contributed by atoms with Crippen LogP contribution in [0.5, 0.6) is 0 Å². The number of aromatic nitrogens is 3. The van der Waals surface area contributed by atoms with Crippen molar-refractivity contribution in [2.45, 2.75) is 46.0 Å². The molecule has 1 aromatic heterocycles. The molecule has 1 rings (SSSR count). The molecule has 0 saturated heterocycles.